The van der Waals surface area contributed by atoms with Gasteiger partial charge in [0.15, 0.2) is 15.9 Å². The zero-order chi connectivity index (χ0) is 20.7. The van der Waals surface area contributed by atoms with Gasteiger partial charge in [-0.3, -0.25) is 14.5 Å². The molecule has 0 saturated carbocycles. The third kappa shape index (κ3) is 3.36. The Bertz CT molecular complexity index is 1130. The number of hydrogen-bond acceptors (Lipinski definition) is 8. The number of thioether (sulfide) groups is 1. The third-order valence-electron chi connectivity index (χ3n) is 4.59. The molecule has 3 aromatic rings. The second-order valence-electron chi connectivity index (χ2n) is 6.54. The van der Waals surface area contributed by atoms with Crippen molar-refractivity contribution < 1.29 is 19.1 Å². The summed E-state index contributed by atoms with van der Waals surface area (Å²) in [7, 11) is 0. The number of carbonyl (C=O) groups is 2. The number of ketones is 1. The normalized spacial score (nSPS) is 16.7. The minimum atomic E-state index is -0.830. The molecule has 0 fully saturated rings. The first-order valence-electron chi connectivity index (χ1n) is 8.72. The molecule has 0 unspecified atom stereocenters. The van der Waals surface area contributed by atoms with Crippen molar-refractivity contribution in [3.05, 3.63) is 70.4 Å². The summed E-state index contributed by atoms with van der Waals surface area (Å²) in [5.41, 5.74) is 1.68. The van der Waals surface area contributed by atoms with Crippen molar-refractivity contribution in [2.45, 2.75) is 24.2 Å². The van der Waals surface area contributed by atoms with E-state index in [4.69, 9.17) is 4.42 Å². The molecule has 1 atom stereocenters. The number of aliphatic hydroxyl groups excluding tert-OH is 1. The molecule has 0 saturated heterocycles. The van der Waals surface area contributed by atoms with Gasteiger partial charge < -0.3 is 9.52 Å². The number of Topliss-reactive ketones (excluding diaryl/α,β-unsaturated/α-hetero) is 1. The average molecular weight is 428 g/mol. The first-order chi connectivity index (χ1) is 13.9. The number of aliphatic hydroxyl groups is 1. The molecule has 7 nitrogen and oxygen atoms in total. The van der Waals surface area contributed by atoms with Crippen LogP contribution in [0.3, 0.4) is 0 Å². The number of rotatable bonds is 5. The average Bonchev–Trinajstić information content (AvgIpc) is 3.41. The summed E-state index contributed by atoms with van der Waals surface area (Å²) in [4.78, 5) is 27.5. The van der Waals surface area contributed by atoms with Gasteiger partial charge in [-0.2, -0.15) is 0 Å². The van der Waals surface area contributed by atoms with Crippen LogP contribution >= 0.6 is 23.1 Å². The monoisotopic (exact) mass is 427 g/mol. The fourth-order valence-corrected chi connectivity index (χ4v) is 4.46. The standard InChI is InChI=1S/C20H17N3O4S2/c1-10-4-7-12(8-5-10)15-14(16(24)13-9-6-11(2)27-13)17(25)18(26)23(15)19-21-22-20(28-3)29-19/h4-9,15,25H,1-3H3/t15-/m1/s1. The highest BCUT2D eigenvalue weighted by Crippen LogP contribution is 2.43. The highest BCUT2D eigenvalue weighted by molar-refractivity contribution is 8.00. The molecule has 29 heavy (non-hydrogen) atoms. The smallest absolute Gasteiger partial charge is 0.296 e. The minimum absolute atomic E-state index is 0.0332. The lowest BCUT2D eigenvalue weighted by atomic mass is 9.95. The van der Waals surface area contributed by atoms with E-state index >= 15 is 0 Å². The van der Waals surface area contributed by atoms with Gasteiger partial charge in [-0.05, 0) is 37.8 Å². The lowest BCUT2D eigenvalue weighted by Gasteiger charge is -2.23. The summed E-state index contributed by atoms with van der Waals surface area (Å²) in [6.45, 7) is 3.67. The Morgan fingerprint density at radius 2 is 1.90 bits per heavy atom. The van der Waals surface area contributed by atoms with Crippen LogP contribution < -0.4 is 4.90 Å². The highest BCUT2D eigenvalue weighted by atomic mass is 32.2. The Morgan fingerprint density at radius 3 is 2.48 bits per heavy atom. The van der Waals surface area contributed by atoms with Crippen molar-refractivity contribution in [3.8, 4) is 0 Å². The van der Waals surface area contributed by atoms with E-state index < -0.39 is 23.5 Å². The molecule has 0 aliphatic carbocycles. The van der Waals surface area contributed by atoms with Gasteiger partial charge in [0.2, 0.25) is 10.9 Å². The fraction of sp³-hybridized carbons (Fsp3) is 0.200. The summed E-state index contributed by atoms with van der Waals surface area (Å²) in [6, 6.07) is 9.80. The number of furan rings is 1. The SMILES string of the molecule is CSc1nnc(N2C(=O)C(O)=C(C(=O)c3ccc(C)o3)[C@H]2c2ccc(C)cc2)s1. The minimum Gasteiger partial charge on any atom is -0.503 e. The van der Waals surface area contributed by atoms with E-state index in [1.165, 1.54) is 34.1 Å². The van der Waals surface area contributed by atoms with E-state index in [1.807, 2.05) is 37.4 Å². The van der Waals surface area contributed by atoms with Gasteiger partial charge in [0.25, 0.3) is 5.91 Å². The first kappa shape index (κ1) is 19.4. The molecule has 2 aromatic heterocycles. The quantitative estimate of drug-likeness (QED) is 0.369. The maximum atomic E-state index is 13.2. The van der Waals surface area contributed by atoms with Gasteiger partial charge in [0.1, 0.15) is 5.76 Å². The Hall–Kier alpha value is -2.91. The molecule has 1 N–H and O–H groups in total. The molecule has 0 bridgehead atoms. The van der Waals surface area contributed by atoms with Crippen molar-refractivity contribution in [3.63, 3.8) is 0 Å². The number of carbonyl (C=O) groups excluding carboxylic acids is 2. The fourth-order valence-electron chi connectivity index (χ4n) is 3.17. The summed E-state index contributed by atoms with van der Waals surface area (Å²) in [6.07, 6.45) is 1.86. The van der Waals surface area contributed by atoms with Crippen LogP contribution in [0.2, 0.25) is 0 Å². The Labute approximate surface area is 175 Å². The molecule has 4 rings (SSSR count). The molecule has 1 aliphatic heterocycles. The van der Waals surface area contributed by atoms with E-state index in [0.717, 1.165) is 5.56 Å². The van der Waals surface area contributed by atoms with Gasteiger partial charge in [0, 0.05) is 0 Å². The summed E-state index contributed by atoms with van der Waals surface area (Å²) in [5, 5.41) is 19.1. The van der Waals surface area contributed by atoms with Crippen LogP contribution in [0.1, 0.15) is 33.5 Å². The summed E-state index contributed by atoms with van der Waals surface area (Å²) >= 11 is 2.63. The lowest BCUT2D eigenvalue weighted by molar-refractivity contribution is -0.117. The zero-order valence-corrected chi connectivity index (χ0v) is 17.5. The molecule has 3 heterocycles. The molecule has 0 spiro atoms. The number of amides is 1. The molecule has 1 aliphatic rings. The lowest BCUT2D eigenvalue weighted by Crippen LogP contribution is -2.31. The van der Waals surface area contributed by atoms with Gasteiger partial charge in [-0.15, -0.1) is 10.2 Å². The predicted octanol–water partition coefficient (Wildman–Crippen LogP) is 4.25. The predicted molar refractivity (Wildman–Crippen MR) is 111 cm³/mol. The van der Waals surface area contributed by atoms with Crippen LogP contribution in [0.25, 0.3) is 0 Å². The van der Waals surface area contributed by atoms with Crippen molar-refractivity contribution in [2.24, 2.45) is 0 Å². The van der Waals surface area contributed by atoms with E-state index in [1.54, 1.807) is 13.0 Å². The van der Waals surface area contributed by atoms with E-state index in [-0.39, 0.29) is 11.3 Å². The maximum absolute atomic E-state index is 13.2. The molecule has 148 valence electrons. The number of hydrogen-bond donors (Lipinski definition) is 1. The van der Waals surface area contributed by atoms with Crippen LogP contribution in [-0.2, 0) is 4.79 Å². The van der Waals surface area contributed by atoms with E-state index in [9.17, 15) is 14.7 Å². The molecular weight excluding hydrogens is 410 g/mol. The van der Waals surface area contributed by atoms with E-state index in [2.05, 4.69) is 10.2 Å². The van der Waals surface area contributed by atoms with Crippen LogP contribution in [0.15, 0.2) is 56.5 Å². The molecule has 1 aromatic carbocycles. The molecular formula is C20H17N3O4S2. The zero-order valence-electron chi connectivity index (χ0n) is 15.9. The number of benzene rings is 1. The summed E-state index contributed by atoms with van der Waals surface area (Å²) in [5.74, 6) is -1.19. The second-order valence-corrected chi connectivity index (χ2v) is 8.55. The second kappa shape index (κ2) is 7.49. The first-order valence-corrected chi connectivity index (χ1v) is 10.8. The Morgan fingerprint density at radius 1 is 1.17 bits per heavy atom. The van der Waals surface area contributed by atoms with Gasteiger partial charge in [-0.1, -0.05) is 52.9 Å². The Balaban J connectivity index is 1.86. The van der Waals surface area contributed by atoms with Crippen LogP contribution in [0.5, 0.6) is 0 Å². The Kier molecular flexibility index (Phi) is 5.01. The third-order valence-corrected chi connectivity index (χ3v) is 6.48. The number of nitrogens with zero attached hydrogens (tertiary/aromatic N) is 3. The van der Waals surface area contributed by atoms with Crippen molar-refractivity contribution in [2.75, 3.05) is 11.2 Å². The number of aromatic nitrogens is 2. The van der Waals surface area contributed by atoms with Crippen molar-refractivity contribution in [1.82, 2.24) is 10.2 Å². The topological polar surface area (TPSA) is 96.5 Å². The number of aryl methyl sites for hydroxylation is 2. The van der Waals surface area contributed by atoms with Crippen LogP contribution in [0.4, 0.5) is 5.13 Å². The van der Waals surface area contributed by atoms with Crippen LogP contribution in [-0.4, -0.2) is 33.3 Å². The van der Waals surface area contributed by atoms with Gasteiger partial charge >= 0.3 is 0 Å². The van der Waals surface area contributed by atoms with E-state index in [0.29, 0.717) is 20.8 Å². The largest absolute Gasteiger partial charge is 0.503 e. The number of anilines is 1. The van der Waals surface area contributed by atoms with Gasteiger partial charge in [-0.25, -0.2) is 0 Å². The summed E-state index contributed by atoms with van der Waals surface area (Å²) < 4.78 is 6.13. The molecule has 0 radical (unpaired) electrons. The van der Waals surface area contributed by atoms with Crippen LogP contribution in [0, 0.1) is 13.8 Å². The van der Waals surface area contributed by atoms with Crippen molar-refractivity contribution in [1.29, 1.82) is 0 Å². The molecule has 9 heteroatoms. The molecule has 1 amide bonds. The maximum Gasteiger partial charge on any atom is 0.296 e. The van der Waals surface area contributed by atoms with Crippen molar-refractivity contribution >= 4 is 39.9 Å². The van der Waals surface area contributed by atoms with Gasteiger partial charge in [0.05, 0.1) is 11.6 Å². The highest BCUT2D eigenvalue weighted by Gasteiger charge is 2.46.